The molecule has 1 N–H and O–H groups in total. The van der Waals surface area contributed by atoms with Crippen LogP contribution in [0.3, 0.4) is 0 Å². The molecule has 0 fully saturated rings. The lowest BCUT2D eigenvalue weighted by Crippen LogP contribution is -2.30. The van der Waals surface area contributed by atoms with E-state index in [2.05, 4.69) is 20.1 Å². The molecule has 0 aliphatic heterocycles. The highest BCUT2D eigenvalue weighted by atomic mass is 35.5. The zero-order valence-electron chi connectivity index (χ0n) is 15.6. The van der Waals surface area contributed by atoms with E-state index >= 15 is 0 Å². The zero-order chi connectivity index (χ0) is 20.5. The van der Waals surface area contributed by atoms with Crippen molar-refractivity contribution in [2.45, 2.75) is 20.0 Å². The van der Waals surface area contributed by atoms with Crippen LogP contribution in [0.1, 0.15) is 12.6 Å². The van der Waals surface area contributed by atoms with E-state index in [0.29, 0.717) is 21.5 Å². The highest BCUT2D eigenvalue weighted by Gasteiger charge is 2.17. The molecule has 2 heterocycles. The Hall–Kier alpha value is -2.54. The first-order valence-electron chi connectivity index (χ1n) is 8.87. The number of halogens is 2. The Morgan fingerprint density at radius 2 is 2.07 bits per heavy atom. The van der Waals surface area contributed by atoms with Crippen molar-refractivity contribution < 1.29 is 9.53 Å². The molecule has 2 aromatic carbocycles. The van der Waals surface area contributed by atoms with Gasteiger partial charge in [0, 0.05) is 33.5 Å². The van der Waals surface area contributed by atoms with Gasteiger partial charge in [-0.1, -0.05) is 35.3 Å². The van der Waals surface area contributed by atoms with Crippen molar-refractivity contribution in [2.75, 3.05) is 5.32 Å². The number of hydrogen-bond donors (Lipinski definition) is 1. The molecule has 2 aromatic heterocycles. The third-order valence-corrected chi connectivity index (χ3v) is 5.87. The normalized spacial score (nSPS) is 12.1. The fraction of sp³-hybridized carbons (Fsp3) is 0.143. The summed E-state index contributed by atoms with van der Waals surface area (Å²) in [5.41, 5.74) is 3.58. The lowest BCUT2D eigenvalue weighted by Gasteiger charge is -2.16. The van der Waals surface area contributed by atoms with Gasteiger partial charge in [-0.15, -0.1) is 11.3 Å². The Balaban J connectivity index is 1.48. The first-order valence-corrected chi connectivity index (χ1v) is 10.5. The summed E-state index contributed by atoms with van der Waals surface area (Å²) in [5, 5.41) is 5.80. The summed E-state index contributed by atoms with van der Waals surface area (Å²) in [7, 11) is 0. The average molecular weight is 446 g/mol. The van der Waals surface area contributed by atoms with Crippen LogP contribution in [0.4, 0.5) is 5.69 Å². The van der Waals surface area contributed by atoms with Crippen LogP contribution >= 0.6 is 34.5 Å². The van der Waals surface area contributed by atoms with E-state index in [4.69, 9.17) is 27.9 Å². The summed E-state index contributed by atoms with van der Waals surface area (Å²) in [6.07, 6.45) is 1.26. The Bertz CT molecular complexity index is 1200. The number of aromatic nitrogens is 2. The van der Waals surface area contributed by atoms with Gasteiger partial charge in [0.2, 0.25) is 0 Å². The van der Waals surface area contributed by atoms with Crippen molar-refractivity contribution in [2.24, 2.45) is 0 Å². The van der Waals surface area contributed by atoms with Crippen LogP contribution in [-0.2, 0) is 4.79 Å². The van der Waals surface area contributed by atoms with E-state index in [0.717, 1.165) is 21.9 Å². The standard InChI is InChI=1S/C21H17Cl2N3O2S/c1-12-11-29-21-25-18(10-26(12)21)14-4-3-5-16(8-14)24-20(27)13(2)28-19-7-6-15(22)9-17(19)23/h3-11,13H,1-2H3,(H,24,27). The third-order valence-electron chi connectivity index (χ3n) is 4.38. The summed E-state index contributed by atoms with van der Waals surface area (Å²) in [6.45, 7) is 3.70. The highest BCUT2D eigenvalue weighted by molar-refractivity contribution is 7.15. The minimum Gasteiger partial charge on any atom is -0.479 e. The van der Waals surface area contributed by atoms with Crippen LogP contribution in [0, 0.1) is 6.92 Å². The van der Waals surface area contributed by atoms with Gasteiger partial charge in [-0.3, -0.25) is 9.20 Å². The Morgan fingerprint density at radius 1 is 1.24 bits per heavy atom. The summed E-state index contributed by atoms with van der Waals surface area (Å²) in [4.78, 5) is 18.2. The van der Waals surface area contributed by atoms with Crippen molar-refractivity contribution in [3.63, 3.8) is 0 Å². The molecular weight excluding hydrogens is 429 g/mol. The van der Waals surface area contributed by atoms with Crippen LogP contribution in [0.25, 0.3) is 16.2 Å². The number of nitrogens with one attached hydrogen (secondary N) is 1. The molecule has 0 bridgehead atoms. The van der Waals surface area contributed by atoms with Crippen LogP contribution < -0.4 is 10.1 Å². The van der Waals surface area contributed by atoms with E-state index in [1.54, 1.807) is 36.5 Å². The SMILES string of the molecule is Cc1csc2nc(-c3cccc(NC(=O)C(C)Oc4ccc(Cl)cc4Cl)c3)cn12. The van der Waals surface area contributed by atoms with Crippen molar-refractivity contribution in [3.8, 4) is 17.0 Å². The number of carbonyl (C=O) groups is 1. The Morgan fingerprint density at radius 3 is 2.83 bits per heavy atom. The lowest BCUT2D eigenvalue weighted by molar-refractivity contribution is -0.122. The van der Waals surface area contributed by atoms with E-state index in [1.807, 2.05) is 37.4 Å². The van der Waals surface area contributed by atoms with Gasteiger partial charge in [-0.25, -0.2) is 4.98 Å². The van der Waals surface area contributed by atoms with Crippen LogP contribution in [-0.4, -0.2) is 21.4 Å². The molecule has 29 heavy (non-hydrogen) atoms. The summed E-state index contributed by atoms with van der Waals surface area (Å²) in [5.74, 6) is 0.121. The number of carbonyl (C=O) groups excluding carboxylic acids is 1. The number of aryl methyl sites for hydroxylation is 1. The second kappa shape index (κ2) is 8.06. The van der Waals surface area contributed by atoms with Gasteiger partial charge in [-0.2, -0.15) is 0 Å². The number of imidazole rings is 1. The molecule has 0 saturated heterocycles. The lowest BCUT2D eigenvalue weighted by atomic mass is 10.1. The Kier molecular flexibility index (Phi) is 5.50. The number of thiazole rings is 1. The first-order chi connectivity index (χ1) is 13.9. The van der Waals surface area contributed by atoms with Crippen LogP contribution in [0.2, 0.25) is 10.0 Å². The zero-order valence-corrected chi connectivity index (χ0v) is 18.0. The van der Waals surface area contributed by atoms with Crippen LogP contribution in [0.5, 0.6) is 5.75 Å². The van der Waals surface area contributed by atoms with E-state index in [1.165, 1.54) is 0 Å². The summed E-state index contributed by atoms with van der Waals surface area (Å²) < 4.78 is 7.73. The highest BCUT2D eigenvalue weighted by Crippen LogP contribution is 2.29. The van der Waals surface area contributed by atoms with Crippen molar-refractivity contribution in [1.82, 2.24) is 9.38 Å². The van der Waals surface area contributed by atoms with Gasteiger partial charge in [-0.05, 0) is 44.2 Å². The van der Waals surface area contributed by atoms with Crippen molar-refractivity contribution >= 4 is 51.1 Å². The van der Waals surface area contributed by atoms with Crippen molar-refractivity contribution in [3.05, 3.63) is 69.8 Å². The predicted molar refractivity (Wildman–Crippen MR) is 118 cm³/mol. The molecular formula is C21H17Cl2N3O2S. The molecule has 0 aliphatic carbocycles. The summed E-state index contributed by atoms with van der Waals surface area (Å²) >= 11 is 13.6. The molecule has 5 nitrogen and oxygen atoms in total. The van der Waals surface area contributed by atoms with E-state index < -0.39 is 6.10 Å². The maximum atomic E-state index is 12.6. The number of hydrogen-bond acceptors (Lipinski definition) is 4. The van der Waals surface area contributed by atoms with Crippen molar-refractivity contribution in [1.29, 1.82) is 0 Å². The predicted octanol–water partition coefficient (Wildman–Crippen LogP) is 6.08. The average Bonchev–Trinajstić information content (AvgIpc) is 3.26. The van der Waals surface area contributed by atoms with Gasteiger partial charge in [0.05, 0.1) is 10.7 Å². The number of amides is 1. The molecule has 1 atom stereocenters. The van der Waals surface area contributed by atoms with Gasteiger partial charge in [0.1, 0.15) is 5.75 Å². The number of rotatable bonds is 5. The third kappa shape index (κ3) is 4.24. The summed E-state index contributed by atoms with van der Waals surface area (Å²) in [6, 6.07) is 12.4. The Labute approximate surface area is 181 Å². The molecule has 1 amide bonds. The number of nitrogens with zero attached hydrogens (tertiary/aromatic N) is 2. The maximum absolute atomic E-state index is 12.6. The molecule has 8 heteroatoms. The molecule has 4 rings (SSSR count). The largest absolute Gasteiger partial charge is 0.479 e. The second-order valence-corrected chi connectivity index (χ2v) is 8.24. The van der Waals surface area contributed by atoms with E-state index in [-0.39, 0.29) is 5.91 Å². The van der Waals surface area contributed by atoms with Gasteiger partial charge < -0.3 is 10.1 Å². The molecule has 0 saturated carbocycles. The maximum Gasteiger partial charge on any atom is 0.265 e. The van der Waals surface area contributed by atoms with Gasteiger partial charge in [0.15, 0.2) is 11.1 Å². The topological polar surface area (TPSA) is 55.6 Å². The minimum atomic E-state index is -0.738. The smallest absolute Gasteiger partial charge is 0.265 e. The van der Waals surface area contributed by atoms with E-state index in [9.17, 15) is 4.79 Å². The number of anilines is 1. The fourth-order valence-corrected chi connectivity index (χ4v) is 4.15. The van der Waals surface area contributed by atoms with Gasteiger partial charge in [0.25, 0.3) is 5.91 Å². The first kappa shape index (κ1) is 19.8. The molecule has 0 spiro atoms. The second-order valence-electron chi connectivity index (χ2n) is 6.56. The van der Waals surface area contributed by atoms with Gasteiger partial charge >= 0.3 is 0 Å². The molecule has 148 valence electrons. The number of benzene rings is 2. The minimum absolute atomic E-state index is 0.283. The fourth-order valence-electron chi connectivity index (χ4n) is 2.85. The molecule has 0 aliphatic rings. The monoisotopic (exact) mass is 445 g/mol. The van der Waals surface area contributed by atoms with Crippen LogP contribution in [0.15, 0.2) is 54.0 Å². The number of ether oxygens (including phenoxy) is 1. The molecule has 4 aromatic rings. The number of fused-ring (bicyclic) bond motifs is 1. The quantitative estimate of drug-likeness (QED) is 0.404. The molecule has 0 radical (unpaired) electrons. The molecule has 1 unspecified atom stereocenters.